The van der Waals surface area contributed by atoms with Crippen LogP contribution in [0.15, 0.2) is 12.1 Å². The first-order chi connectivity index (χ1) is 6.93. The number of ketones is 1. The quantitative estimate of drug-likeness (QED) is 0.450. The highest BCUT2D eigenvalue weighted by Gasteiger charge is 2.22. The molecule has 1 N–H and O–H groups in total. The molecule has 0 aliphatic heterocycles. The van der Waals surface area contributed by atoms with E-state index in [0.717, 1.165) is 19.1 Å². The molecule has 1 rings (SSSR count). The summed E-state index contributed by atoms with van der Waals surface area (Å²) < 4.78 is 0. The standard InChI is InChI=1S/C8H6N2O5/c1-4(11)7-5(8(12)13)2-3-6(9-7)10(14)15/h2-3H,1H3,(H,12,13). The Kier molecular flexibility index (Phi) is 2.75. The number of nitrogens with zero attached hydrogens (tertiary/aromatic N) is 2. The third-order valence-corrected chi connectivity index (χ3v) is 1.63. The van der Waals surface area contributed by atoms with Crippen LogP contribution in [0.5, 0.6) is 0 Å². The highest BCUT2D eigenvalue weighted by Crippen LogP contribution is 2.13. The Labute approximate surface area is 83.5 Å². The molecule has 78 valence electrons. The van der Waals surface area contributed by atoms with Gasteiger partial charge in [0.15, 0.2) is 0 Å². The number of pyridine rings is 1. The second kappa shape index (κ2) is 3.82. The van der Waals surface area contributed by atoms with Crippen molar-refractivity contribution in [3.63, 3.8) is 0 Å². The van der Waals surface area contributed by atoms with E-state index < -0.39 is 28.2 Å². The molecule has 1 aromatic rings. The molecule has 0 aliphatic carbocycles. The van der Waals surface area contributed by atoms with Crippen molar-refractivity contribution in [1.29, 1.82) is 0 Å². The SMILES string of the molecule is CC(=O)c1nc([N+](=O)[O-])ccc1C(=O)O. The Bertz CT molecular complexity index is 454. The summed E-state index contributed by atoms with van der Waals surface area (Å²) in [6.07, 6.45) is 0. The van der Waals surface area contributed by atoms with Gasteiger partial charge in [0.25, 0.3) is 0 Å². The maximum absolute atomic E-state index is 11.0. The van der Waals surface area contributed by atoms with Gasteiger partial charge in [-0.3, -0.25) is 4.79 Å². The first-order valence-electron chi connectivity index (χ1n) is 3.83. The van der Waals surface area contributed by atoms with Crippen LogP contribution in [0.1, 0.15) is 27.8 Å². The lowest BCUT2D eigenvalue weighted by Crippen LogP contribution is -2.10. The fourth-order valence-electron chi connectivity index (χ4n) is 0.991. The van der Waals surface area contributed by atoms with Gasteiger partial charge in [-0.05, 0) is 16.0 Å². The Balaban J connectivity index is 3.40. The zero-order chi connectivity index (χ0) is 11.6. The number of carbonyl (C=O) groups excluding carboxylic acids is 1. The molecule has 1 aromatic heterocycles. The average molecular weight is 210 g/mol. The van der Waals surface area contributed by atoms with Crippen molar-refractivity contribution in [3.05, 3.63) is 33.5 Å². The van der Waals surface area contributed by atoms with Crippen molar-refractivity contribution in [1.82, 2.24) is 4.98 Å². The summed E-state index contributed by atoms with van der Waals surface area (Å²) in [6.45, 7) is 1.10. The molecule has 0 amide bonds. The minimum absolute atomic E-state index is 0.340. The molecule has 0 aromatic carbocycles. The highest BCUT2D eigenvalue weighted by atomic mass is 16.6. The molecule has 0 bridgehead atoms. The van der Waals surface area contributed by atoms with Gasteiger partial charge in [-0.1, -0.05) is 0 Å². The van der Waals surface area contributed by atoms with Crippen molar-refractivity contribution in [2.75, 3.05) is 0 Å². The summed E-state index contributed by atoms with van der Waals surface area (Å²) in [7, 11) is 0. The van der Waals surface area contributed by atoms with E-state index in [9.17, 15) is 19.7 Å². The van der Waals surface area contributed by atoms with E-state index >= 15 is 0 Å². The Morgan fingerprint density at radius 2 is 2.07 bits per heavy atom. The number of rotatable bonds is 3. The van der Waals surface area contributed by atoms with Crippen LogP contribution in [-0.4, -0.2) is 26.8 Å². The van der Waals surface area contributed by atoms with Gasteiger partial charge in [0.1, 0.15) is 5.56 Å². The van der Waals surface area contributed by atoms with Crippen LogP contribution in [0.25, 0.3) is 0 Å². The molecule has 0 saturated carbocycles. The number of hydrogen-bond donors (Lipinski definition) is 1. The molecule has 7 heteroatoms. The molecule has 0 spiro atoms. The molecule has 0 atom stereocenters. The van der Waals surface area contributed by atoms with Crippen molar-refractivity contribution < 1.29 is 19.6 Å². The monoisotopic (exact) mass is 210 g/mol. The maximum Gasteiger partial charge on any atom is 0.364 e. The van der Waals surface area contributed by atoms with Crippen molar-refractivity contribution in [2.45, 2.75) is 6.92 Å². The topological polar surface area (TPSA) is 110 Å². The van der Waals surface area contributed by atoms with Crippen LogP contribution in [0.3, 0.4) is 0 Å². The van der Waals surface area contributed by atoms with Crippen molar-refractivity contribution >= 4 is 17.6 Å². The number of hydrogen-bond acceptors (Lipinski definition) is 5. The first-order valence-corrected chi connectivity index (χ1v) is 3.83. The van der Waals surface area contributed by atoms with Gasteiger partial charge >= 0.3 is 11.8 Å². The molecule has 0 radical (unpaired) electrons. The van der Waals surface area contributed by atoms with E-state index in [-0.39, 0.29) is 5.56 Å². The van der Waals surface area contributed by atoms with E-state index in [1.54, 1.807) is 0 Å². The van der Waals surface area contributed by atoms with Gasteiger partial charge in [-0.15, -0.1) is 0 Å². The fraction of sp³-hybridized carbons (Fsp3) is 0.125. The van der Waals surface area contributed by atoms with Gasteiger partial charge < -0.3 is 15.2 Å². The first kappa shape index (κ1) is 10.8. The van der Waals surface area contributed by atoms with Crippen LogP contribution in [0, 0.1) is 10.1 Å². The van der Waals surface area contributed by atoms with Crippen LogP contribution in [-0.2, 0) is 0 Å². The Hall–Kier alpha value is -2.31. The summed E-state index contributed by atoms with van der Waals surface area (Å²) in [5, 5.41) is 19.0. The van der Waals surface area contributed by atoms with Crippen LogP contribution >= 0.6 is 0 Å². The second-order valence-corrected chi connectivity index (χ2v) is 2.68. The summed E-state index contributed by atoms with van der Waals surface area (Å²) in [5.74, 6) is -2.52. The molecule has 1 heterocycles. The van der Waals surface area contributed by atoms with Crippen molar-refractivity contribution in [2.24, 2.45) is 0 Å². The molecule has 7 nitrogen and oxygen atoms in total. The Morgan fingerprint density at radius 3 is 2.47 bits per heavy atom. The largest absolute Gasteiger partial charge is 0.478 e. The summed E-state index contributed by atoms with van der Waals surface area (Å²) in [6, 6.07) is 1.93. The van der Waals surface area contributed by atoms with Gasteiger partial charge in [-0.25, -0.2) is 4.79 Å². The lowest BCUT2D eigenvalue weighted by atomic mass is 10.1. The fourth-order valence-corrected chi connectivity index (χ4v) is 0.991. The highest BCUT2D eigenvalue weighted by molar-refractivity contribution is 6.03. The predicted molar refractivity (Wildman–Crippen MR) is 47.9 cm³/mol. The maximum atomic E-state index is 11.0. The molecule has 15 heavy (non-hydrogen) atoms. The van der Waals surface area contributed by atoms with Gasteiger partial charge in [-0.2, -0.15) is 0 Å². The van der Waals surface area contributed by atoms with Crippen LogP contribution < -0.4 is 0 Å². The number of nitro groups is 1. The molecule has 0 unspecified atom stereocenters. The normalized spacial score (nSPS) is 9.67. The average Bonchev–Trinajstić information content (AvgIpc) is 2.16. The van der Waals surface area contributed by atoms with E-state index in [2.05, 4.69) is 4.98 Å². The summed E-state index contributed by atoms with van der Waals surface area (Å²) in [5.41, 5.74) is -0.746. The van der Waals surface area contributed by atoms with Crippen LogP contribution in [0.2, 0.25) is 0 Å². The molecule has 0 fully saturated rings. The second-order valence-electron chi connectivity index (χ2n) is 2.68. The lowest BCUT2D eigenvalue weighted by molar-refractivity contribution is -0.389. The Morgan fingerprint density at radius 1 is 1.47 bits per heavy atom. The van der Waals surface area contributed by atoms with Crippen molar-refractivity contribution in [3.8, 4) is 0 Å². The van der Waals surface area contributed by atoms with Gasteiger partial charge in [0, 0.05) is 13.0 Å². The zero-order valence-corrected chi connectivity index (χ0v) is 7.63. The van der Waals surface area contributed by atoms with Crippen LogP contribution in [0.4, 0.5) is 5.82 Å². The number of aromatic carboxylic acids is 1. The lowest BCUT2D eigenvalue weighted by Gasteiger charge is -1.97. The zero-order valence-electron chi connectivity index (χ0n) is 7.63. The number of carboxylic acids is 1. The predicted octanol–water partition coefficient (Wildman–Crippen LogP) is 0.891. The molecule has 0 saturated heterocycles. The molecular weight excluding hydrogens is 204 g/mol. The number of carbonyl (C=O) groups is 2. The third kappa shape index (κ3) is 2.13. The van der Waals surface area contributed by atoms with E-state index in [0.29, 0.717) is 0 Å². The van der Waals surface area contributed by atoms with Gasteiger partial charge in [0.2, 0.25) is 11.5 Å². The minimum Gasteiger partial charge on any atom is -0.478 e. The molecular formula is C8H6N2O5. The summed E-state index contributed by atoms with van der Waals surface area (Å²) in [4.78, 5) is 34.6. The van der Waals surface area contributed by atoms with Gasteiger partial charge in [0.05, 0.1) is 0 Å². The van der Waals surface area contributed by atoms with E-state index in [4.69, 9.17) is 5.11 Å². The third-order valence-electron chi connectivity index (χ3n) is 1.63. The van der Waals surface area contributed by atoms with E-state index in [1.165, 1.54) is 0 Å². The number of carboxylic acid groups (broad SMARTS) is 1. The smallest absolute Gasteiger partial charge is 0.364 e. The minimum atomic E-state index is -1.34. The number of aromatic nitrogens is 1. The number of Topliss-reactive ketones (excluding diaryl/α,β-unsaturated/α-hetero) is 1. The molecule has 0 aliphatic rings. The van der Waals surface area contributed by atoms with E-state index in [1.807, 2.05) is 0 Å². The summed E-state index contributed by atoms with van der Waals surface area (Å²) >= 11 is 0.